The summed E-state index contributed by atoms with van der Waals surface area (Å²) >= 11 is 0. The van der Waals surface area contributed by atoms with E-state index in [2.05, 4.69) is 40.7 Å². The lowest BCUT2D eigenvalue weighted by Gasteiger charge is -2.25. The quantitative estimate of drug-likeness (QED) is 0.208. The van der Waals surface area contributed by atoms with Crippen molar-refractivity contribution in [2.45, 2.75) is 38.4 Å². The third kappa shape index (κ3) is 6.95. The molecule has 0 aromatic rings. The minimum Gasteiger partial charge on any atom is -0.468 e. The molecular formula is C15H25N9O4. The molecule has 0 unspecified atom stereocenters. The minimum absolute atomic E-state index is 0.0925. The van der Waals surface area contributed by atoms with Gasteiger partial charge in [0.05, 0.1) is 13.2 Å². The van der Waals surface area contributed by atoms with Crippen molar-refractivity contribution in [3.63, 3.8) is 0 Å². The Morgan fingerprint density at radius 2 is 1.86 bits per heavy atom. The van der Waals surface area contributed by atoms with Crippen LogP contribution in [0.25, 0.3) is 20.9 Å². The van der Waals surface area contributed by atoms with Gasteiger partial charge in [0.2, 0.25) is 11.8 Å². The first kappa shape index (κ1) is 23.0. The number of azide groups is 2. The van der Waals surface area contributed by atoms with Crippen LogP contribution in [-0.4, -0.2) is 62.7 Å². The van der Waals surface area contributed by atoms with E-state index in [1.165, 1.54) is 7.11 Å². The van der Waals surface area contributed by atoms with Gasteiger partial charge in [0.1, 0.15) is 12.6 Å². The van der Waals surface area contributed by atoms with E-state index in [1.54, 1.807) is 13.8 Å². The predicted octanol–water partition coefficient (Wildman–Crippen LogP) is 0.384. The van der Waals surface area contributed by atoms with Gasteiger partial charge in [-0.1, -0.05) is 24.1 Å². The molecule has 1 saturated heterocycles. The van der Waals surface area contributed by atoms with Gasteiger partial charge >= 0.3 is 5.97 Å². The van der Waals surface area contributed by atoms with Crippen molar-refractivity contribution in [1.29, 1.82) is 0 Å². The molecule has 0 aromatic carbocycles. The van der Waals surface area contributed by atoms with Gasteiger partial charge in [-0.25, -0.2) is 0 Å². The van der Waals surface area contributed by atoms with Gasteiger partial charge < -0.3 is 20.7 Å². The monoisotopic (exact) mass is 395 g/mol. The molecular weight excluding hydrogens is 370 g/mol. The number of ether oxygens (including phenoxy) is 1. The first-order valence-corrected chi connectivity index (χ1v) is 8.76. The van der Waals surface area contributed by atoms with E-state index in [1.807, 2.05) is 0 Å². The lowest BCUT2D eigenvalue weighted by atomic mass is 9.97. The lowest BCUT2D eigenvalue weighted by molar-refractivity contribution is -0.141. The summed E-state index contributed by atoms with van der Waals surface area (Å²) in [6.07, 6.45) is 0.483. The third-order valence-corrected chi connectivity index (χ3v) is 4.38. The van der Waals surface area contributed by atoms with Crippen LogP contribution in [0.5, 0.6) is 0 Å². The first-order chi connectivity index (χ1) is 13.3. The van der Waals surface area contributed by atoms with Crippen LogP contribution in [0.1, 0.15) is 20.3 Å². The summed E-state index contributed by atoms with van der Waals surface area (Å²) < 4.78 is 4.47. The van der Waals surface area contributed by atoms with Crippen LogP contribution in [0, 0.1) is 11.8 Å². The molecule has 1 heterocycles. The van der Waals surface area contributed by atoms with Gasteiger partial charge in [-0.2, -0.15) is 0 Å². The standard InChI is InChI=1S/C15H25N9O4/c1-8(2)12(14(26)18-7-11(25)28-3)22-15(27)13-9(5-19-23-16)4-10(21-13)6-20-24-17/h8-10,12-13,21H,4-7H2,1-3H3,(H,18,26)(H,22,27)/t9-,10+,12-,13+/m0/s1. The van der Waals surface area contributed by atoms with E-state index in [0.29, 0.717) is 6.42 Å². The van der Waals surface area contributed by atoms with Crippen molar-refractivity contribution in [2.75, 3.05) is 26.7 Å². The number of nitrogens with zero attached hydrogens (tertiary/aromatic N) is 6. The van der Waals surface area contributed by atoms with Gasteiger partial charge in [-0.05, 0) is 29.3 Å². The van der Waals surface area contributed by atoms with Crippen LogP contribution in [0.3, 0.4) is 0 Å². The topological polar surface area (TPSA) is 194 Å². The zero-order valence-electron chi connectivity index (χ0n) is 16.0. The van der Waals surface area contributed by atoms with Crippen molar-refractivity contribution in [3.8, 4) is 0 Å². The molecule has 0 radical (unpaired) electrons. The molecule has 2 amide bonds. The summed E-state index contributed by atoms with van der Waals surface area (Å²) in [6, 6.07) is -1.81. The Morgan fingerprint density at radius 3 is 2.43 bits per heavy atom. The second kappa shape index (κ2) is 11.7. The summed E-state index contributed by atoms with van der Waals surface area (Å²) in [5.74, 6) is -2.09. The molecule has 0 saturated carbocycles. The number of methoxy groups -OCH3 is 1. The molecule has 4 atom stereocenters. The normalized spacial score (nSPS) is 21.8. The molecule has 28 heavy (non-hydrogen) atoms. The van der Waals surface area contributed by atoms with E-state index in [4.69, 9.17) is 11.1 Å². The number of hydrogen-bond acceptors (Lipinski definition) is 7. The zero-order valence-corrected chi connectivity index (χ0v) is 16.0. The Kier molecular flexibility index (Phi) is 9.58. The van der Waals surface area contributed by atoms with Crippen LogP contribution in [0.2, 0.25) is 0 Å². The van der Waals surface area contributed by atoms with Gasteiger partial charge in [-0.15, -0.1) is 0 Å². The number of amides is 2. The minimum atomic E-state index is -0.866. The van der Waals surface area contributed by atoms with Crippen LogP contribution < -0.4 is 16.0 Å². The maximum Gasteiger partial charge on any atom is 0.325 e. The Balaban J connectivity index is 2.82. The van der Waals surface area contributed by atoms with E-state index in [0.717, 1.165) is 0 Å². The average molecular weight is 395 g/mol. The number of nitrogens with one attached hydrogen (secondary N) is 3. The lowest BCUT2D eigenvalue weighted by Crippen LogP contribution is -2.56. The van der Waals surface area contributed by atoms with Crippen LogP contribution in [-0.2, 0) is 19.1 Å². The second-order valence-electron chi connectivity index (χ2n) is 6.69. The molecule has 154 valence electrons. The second-order valence-corrected chi connectivity index (χ2v) is 6.69. The highest BCUT2D eigenvalue weighted by Crippen LogP contribution is 2.22. The molecule has 1 rings (SSSR count). The highest BCUT2D eigenvalue weighted by atomic mass is 16.5. The van der Waals surface area contributed by atoms with E-state index in [-0.39, 0.29) is 37.5 Å². The number of hydrogen-bond donors (Lipinski definition) is 3. The fourth-order valence-corrected chi connectivity index (χ4v) is 2.95. The average Bonchev–Trinajstić information content (AvgIpc) is 3.09. The maximum atomic E-state index is 12.8. The van der Waals surface area contributed by atoms with E-state index < -0.39 is 29.9 Å². The maximum absolute atomic E-state index is 12.8. The summed E-state index contributed by atoms with van der Waals surface area (Å²) in [5.41, 5.74) is 17.0. The fourth-order valence-electron chi connectivity index (χ4n) is 2.95. The molecule has 0 aliphatic carbocycles. The molecule has 13 nitrogen and oxygen atoms in total. The Morgan fingerprint density at radius 1 is 1.21 bits per heavy atom. The molecule has 3 N–H and O–H groups in total. The molecule has 1 aliphatic rings. The van der Waals surface area contributed by atoms with Crippen LogP contribution in [0.4, 0.5) is 0 Å². The van der Waals surface area contributed by atoms with Crippen molar-refractivity contribution in [3.05, 3.63) is 20.9 Å². The summed E-state index contributed by atoms with van der Waals surface area (Å²) in [5, 5.41) is 15.2. The number of carbonyl (C=O) groups is 3. The Labute approximate surface area is 161 Å². The summed E-state index contributed by atoms with van der Waals surface area (Å²) in [4.78, 5) is 41.7. The Bertz CT molecular complexity index is 670. The molecule has 1 aliphatic heterocycles. The van der Waals surface area contributed by atoms with Crippen LogP contribution in [0.15, 0.2) is 10.2 Å². The largest absolute Gasteiger partial charge is 0.468 e. The van der Waals surface area contributed by atoms with Crippen molar-refractivity contribution >= 4 is 17.8 Å². The van der Waals surface area contributed by atoms with Crippen LogP contribution >= 0.6 is 0 Å². The van der Waals surface area contributed by atoms with E-state index in [9.17, 15) is 14.4 Å². The zero-order chi connectivity index (χ0) is 21.1. The van der Waals surface area contributed by atoms with Gasteiger partial charge in [0.15, 0.2) is 0 Å². The third-order valence-electron chi connectivity index (χ3n) is 4.38. The van der Waals surface area contributed by atoms with Gasteiger partial charge in [0, 0.05) is 29.0 Å². The molecule has 1 fully saturated rings. The van der Waals surface area contributed by atoms with Gasteiger partial charge in [-0.3, -0.25) is 14.4 Å². The molecule has 0 aromatic heterocycles. The van der Waals surface area contributed by atoms with Gasteiger partial charge in [0.25, 0.3) is 0 Å². The van der Waals surface area contributed by atoms with E-state index >= 15 is 0 Å². The predicted molar refractivity (Wildman–Crippen MR) is 98.6 cm³/mol. The summed E-state index contributed by atoms with van der Waals surface area (Å²) in [7, 11) is 1.21. The highest BCUT2D eigenvalue weighted by Gasteiger charge is 2.39. The molecule has 0 bridgehead atoms. The number of carbonyl (C=O) groups excluding carboxylic acids is 3. The fraction of sp³-hybridized carbons (Fsp3) is 0.800. The first-order valence-electron chi connectivity index (χ1n) is 8.76. The highest BCUT2D eigenvalue weighted by molar-refractivity contribution is 5.91. The van der Waals surface area contributed by atoms with Crippen molar-refractivity contribution in [1.82, 2.24) is 16.0 Å². The molecule has 13 heteroatoms. The number of esters is 1. The SMILES string of the molecule is COC(=O)CNC(=O)[C@@H](NC(=O)[C@@H]1N[C@@H](CN=[N+]=[N-])C[C@H]1CN=[N+]=[N-])C(C)C. The molecule has 0 spiro atoms. The smallest absolute Gasteiger partial charge is 0.325 e. The Hall–Kier alpha value is -3.01. The summed E-state index contributed by atoms with van der Waals surface area (Å²) in [6.45, 7) is 3.46. The van der Waals surface area contributed by atoms with Crippen molar-refractivity contribution < 1.29 is 19.1 Å². The number of rotatable bonds is 10. The van der Waals surface area contributed by atoms with Crippen molar-refractivity contribution in [2.24, 2.45) is 22.1 Å².